The van der Waals surface area contributed by atoms with Crippen LogP contribution in [0.2, 0.25) is 0 Å². The number of quaternary nitrogens is 1. The maximum absolute atomic E-state index is 13.4. The topological polar surface area (TPSA) is 68.9 Å². The molecule has 2 aliphatic rings. The molecule has 1 aromatic heterocycles. The smallest absolute Gasteiger partial charge is 0.346 e. The molecular weight excluding hydrogens is 454 g/mol. The van der Waals surface area contributed by atoms with Crippen LogP contribution in [0, 0.1) is 5.92 Å². The fourth-order valence-corrected chi connectivity index (χ4v) is 6.10. The SMILES string of the molecule is C[N+]1(CCCOc2cccc3ccccc23)CC[C@@H](OC(=O)C(O)(c2ccco2)C2CCCCC2)C1. The number of benzene rings is 2. The molecule has 1 aliphatic heterocycles. The Morgan fingerprint density at radius 2 is 1.86 bits per heavy atom. The second kappa shape index (κ2) is 10.7. The van der Waals surface area contributed by atoms with Gasteiger partial charge in [-0.15, -0.1) is 0 Å². The molecule has 2 aromatic carbocycles. The minimum absolute atomic E-state index is 0.168. The first-order chi connectivity index (χ1) is 17.5. The van der Waals surface area contributed by atoms with Gasteiger partial charge in [0.15, 0.2) is 6.10 Å². The van der Waals surface area contributed by atoms with Crippen molar-refractivity contribution in [2.24, 2.45) is 5.92 Å². The van der Waals surface area contributed by atoms with E-state index in [4.69, 9.17) is 13.9 Å². The Morgan fingerprint density at radius 1 is 1.06 bits per heavy atom. The van der Waals surface area contributed by atoms with Gasteiger partial charge >= 0.3 is 5.97 Å². The van der Waals surface area contributed by atoms with E-state index in [0.717, 1.165) is 80.2 Å². The Morgan fingerprint density at radius 3 is 2.67 bits per heavy atom. The zero-order chi connectivity index (χ0) is 25.0. The molecule has 192 valence electrons. The number of nitrogens with zero attached hydrogens (tertiary/aromatic N) is 1. The zero-order valence-electron chi connectivity index (χ0n) is 21.2. The molecule has 3 atom stereocenters. The van der Waals surface area contributed by atoms with Crippen molar-refractivity contribution >= 4 is 16.7 Å². The molecular formula is C30H38NO5+. The molecule has 0 radical (unpaired) electrons. The van der Waals surface area contributed by atoms with Crippen LogP contribution in [0.1, 0.15) is 50.7 Å². The number of rotatable bonds is 9. The quantitative estimate of drug-likeness (QED) is 0.245. The highest BCUT2D eigenvalue weighted by Crippen LogP contribution is 2.41. The normalized spacial score (nSPS) is 24.4. The van der Waals surface area contributed by atoms with Gasteiger partial charge in [0.2, 0.25) is 5.60 Å². The van der Waals surface area contributed by atoms with Gasteiger partial charge < -0.3 is 23.5 Å². The van der Waals surface area contributed by atoms with Gasteiger partial charge in [0.1, 0.15) is 18.1 Å². The van der Waals surface area contributed by atoms with Crippen molar-refractivity contribution in [1.82, 2.24) is 0 Å². The number of fused-ring (bicyclic) bond motifs is 1. The molecule has 3 aromatic rings. The predicted octanol–water partition coefficient (Wildman–Crippen LogP) is 5.43. The number of carbonyl (C=O) groups excluding carboxylic acids is 1. The standard InChI is InChI=1S/C30H38NO5/c1-31(18-9-21-34-27-15-7-11-23-10-5-6-14-26(23)27)19-17-25(22-31)36-29(32)30(33,28-16-8-20-35-28)24-12-3-2-4-13-24/h5-8,10-11,14-16,20,24-25,33H,2-4,9,12-13,17-19,21-22H2,1H3/q+1/t25-,30?,31?/m1/s1. The molecule has 0 amide bonds. The molecule has 6 nitrogen and oxygen atoms in total. The average molecular weight is 493 g/mol. The Bertz CT molecular complexity index is 1150. The van der Waals surface area contributed by atoms with E-state index in [1.165, 1.54) is 11.6 Å². The number of esters is 1. The Kier molecular flexibility index (Phi) is 7.35. The number of hydrogen-bond acceptors (Lipinski definition) is 5. The van der Waals surface area contributed by atoms with Gasteiger partial charge in [0.25, 0.3) is 0 Å². The summed E-state index contributed by atoms with van der Waals surface area (Å²) in [6, 6.07) is 17.8. The largest absolute Gasteiger partial charge is 0.493 e. The van der Waals surface area contributed by atoms with Crippen LogP contribution in [0.5, 0.6) is 5.75 Å². The third kappa shape index (κ3) is 5.16. The number of likely N-dealkylation sites (tertiary alicyclic amines) is 1. The molecule has 5 rings (SSSR count). The van der Waals surface area contributed by atoms with Gasteiger partial charge in [0.05, 0.1) is 33.0 Å². The summed E-state index contributed by atoms with van der Waals surface area (Å²) in [4.78, 5) is 13.4. The molecule has 6 heteroatoms. The van der Waals surface area contributed by atoms with Crippen LogP contribution in [0.25, 0.3) is 10.8 Å². The van der Waals surface area contributed by atoms with E-state index in [1.54, 1.807) is 12.1 Å². The highest BCUT2D eigenvalue weighted by molar-refractivity contribution is 5.88. The Balaban J connectivity index is 1.15. The first-order valence-corrected chi connectivity index (χ1v) is 13.4. The number of ether oxygens (including phenoxy) is 2. The molecule has 2 heterocycles. The van der Waals surface area contributed by atoms with E-state index >= 15 is 0 Å². The monoisotopic (exact) mass is 492 g/mol. The summed E-state index contributed by atoms with van der Waals surface area (Å²) in [5, 5.41) is 13.9. The van der Waals surface area contributed by atoms with Crippen molar-refractivity contribution in [3.8, 4) is 5.75 Å². The molecule has 0 bridgehead atoms. The number of aliphatic hydroxyl groups is 1. The maximum Gasteiger partial charge on any atom is 0.346 e. The molecule has 0 spiro atoms. The lowest BCUT2D eigenvalue weighted by Crippen LogP contribution is -2.47. The number of likely N-dealkylation sites (N-methyl/N-ethyl adjacent to an activating group) is 1. The maximum atomic E-state index is 13.4. The van der Waals surface area contributed by atoms with Crippen molar-refractivity contribution in [3.05, 3.63) is 66.6 Å². The Hall–Kier alpha value is -2.83. The first kappa shape index (κ1) is 24.8. The van der Waals surface area contributed by atoms with Gasteiger partial charge in [-0.05, 0) is 36.4 Å². The lowest BCUT2D eigenvalue weighted by molar-refractivity contribution is -0.899. The van der Waals surface area contributed by atoms with Crippen LogP contribution in [0.3, 0.4) is 0 Å². The van der Waals surface area contributed by atoms with E-state index in [0.29, 0.717) is 12.4 Å². The molecule has 2 fully saturated rings. The van der Waals surface area contributed by atoms with Crippen LogP contribution in [-0.4, -0.2) is 55.0 Å². The van der Waals surface area contributed by atoms with Crippen LogP contribution in [0.4, 0.5) is 0 Å². The molecule has 1 saturated carbocycles. The van der Waals surface area contributed by atoms with Gasteiger partial charge in [-0.25, -0.2) is 4.79 Å². The van der Waals surface area contributed by atoms with E-state index in [-0.39, 0.29) is 12.0 Å². The molecule has 1 N–H and O–H groups in total. The van der Waals surface area contributed by atoms with Crippen molar-refractivity contribution in [2.45, 2.75) is 56.7 Å². The highest BCUT2D eigenvalue weighted by atomic mass is 16.6. The lowest BCUT2D eigenvalue weighted by Gasteiger charge is -2.35. The van der Waals surface area contributed by atoms with Gasteiger partial charge in [-0.2, -0.15) is 0 Å². The molecule has 1 saturated heterocycles. The summed E-state index contributed by atoms with van der Waals surface area (Å²) in [7, 11) is 2.21. The first-order valence-electron chi connectivity index (χ1n) is 13.4. The molecule has 1 aliphatic carbocycles. The minimum Gasteiger partial charge on any atom is -0.493 e. The van der Waals surface area contributed by atoms with Crippen LogP contribution < -0.4 is 4.74 Å². The second-order valence-corrected chi connectivity index (χ2v) is 10.8. The Labute approximate surface area is 213 Å². The van der Waals surface area contributed by atoms with Crippen LogP contribution in [0.15, 0.2) is 65.3 Å². The van der Waals surface area contributed by atoms with E-state index in [2.05, 4.69) is 25.2 Å². The summed E-state index contributed by atoms with van der Waals surface area (Å²) in [6.45, 7) is 3.28. The van der Waals surface area contributed by atoms with E-state index in [1.807, 2.05) is 24.3 Å². The summed E-state index contributed by atoms with van der Waals surface area (Å²) in [5.74, 6) is 0.504. The van der Waals surface area contributed by atoms with Crippen molar-refractivity contribution in [2.75, 3.05) is 33.3 Å². The van der Waals surface area contributed by atoms with Gasteiger partial charge in [0, 0.05) is 24.1 Å². The van der Waals surface area contributed by atoms with Gasteiger partial charge in [-0.3, -0.25) is 0 Å². The number of hydrogen-bond donors (Lipinski definition) is 1. The highest BCUT2D eigenvalue weighted by Gasteiger charge is 2.51. The molecule has 36 heavy (non-hydrogen) atoms. The average Bonchev–Trinajstić information content (AvgIpc) is 3.58. The van der Waals surface area contributed by atoms with E-state index < -0.39 is 11.6 Å². The predicted molar refractivity (Wildman–Crippen MR) is 139 cm³/mol. The third-order valence-electron chi connectivity index (χ3n) is 8.16. The van der Waals surface area contributed by atoms with Crippen molar-refractivity contribution in [3.63, 3.8) is 0 Å². The fraction of sp³-hybridized carbons (Fsp3) is 0.500. The van der Waals surface area contributed by atoms with Crippen LogP contribution in [-0.2, 0) is 15.1 Å². The zero-order valence-corrected chi connectivity index (χ0v) is 21.2. The van der Waals surface area contributed by atoms with Crippen LogP contribution >= 0.6 is 0 Å². The third-order valence-corrected chi connectivity index (χ3v) is 8.16. The summed E-state index contributed by atoms with van der Waals surface area (Å²) < 4.78 is 18.5. The number of carbonyl (C=O) groups is 1. The lowest BCUT2D eigenvalue weighted by atomic mass is 9.75. The number of furan rings is 1. The van der Waals surface area contributed by atoms with E-state index in [9.17, 15) is 9.90 Å². The van der Waals surface area contributed by atoms with Crippen molar-refractivity contribution < 1.29 is 28.3 Å². The fourth-order valence-electron chi connectivity index (χ4n) is 6.10. The van der Waals surface area contributed by atoms with Gasteiger partial charge in [-0.1, -0.05) is 55.7 Å². The minimum atomic E-state index is -1.71. The molecule has 2 unspecified atom stereocenters. The summed E-state index contributed by atoms with van der Waals surface area (Å²) in [5.41, 5.74) is -1.71. The van der Waals surface area contributed by atoms with Crippen molar-refractivity contribution in [1.29, 1.82) is 0 Å². The summed E-state index contributed by atoms with van der Waals surface area (Å²) >= 11 is 0. The summed E-state index contributed by atoms with van der Waals surface area (Å²) in [6.07, 6.45) is 7.81. The second-order valence-electron chi connectivity index (χ2n) is 10.8.